The van der Waals surface area contributed by atoms with Crippen molar-refractivity contribution < 1.29 is 67.6 Å². The van der Waals surface area contributed by atoms with Crippen molar-refractivity contribution >= 4 is 59.3 Å². The van der Waals surface area contributed by atoms with Gasteiger partial charge < -0.3 is 34.7 Å². The van der Waals surface area contributed by atoms with Gasteiger partial charge in [0.2, 0.25) is 17.7 Å². The lowest BCUT2D eigenvalue weighted by molar-refractivity contribution is -0.161. The fraction of sp³-hybridized carbons (Fsp3) is 0.404. The minimum atomic E-state index is -1.27. The first-order chi connectivity index (χ1) is 32.0. The van der Waals surface area contributed by atoms with Crippen LogP contribution in [0, 0.1) is 0 Å². The third-order valence-corrected chi connectivity index (χ3v) is 9.91. The zero-order chi connectivity index (χ0) is 49.1. The van der Waals surface area contributed by atoms with Gasteiger partial charge in [-0.25, -0.2) is 14.4 Å². The van der Waals surface area contributed by atoms with Gasteiger partial charge in [-0.3, -0.25) is 33.6 Å². The van der Waals surface area contributed by atoms with E-state index < -0.39 is 54.1 Å². The van der Waals surface area contributed by atoms with Crippen LogP contribution < -0.4 is 5.32 Å². The second-order valence-corrected chi connectivity index (χ2v) is 15.1. The Hall–Kier alpha value is -7.64. The number of rotatable bonds is 25. The lowest BCUT2D eigenvalue weighted by Crippen LogP contribution is -2.40. The number of carbonyl (C=O) groups is 10. The number of nitrogens with one attached hydrogen (secondary N) is 1. The zero-order valence-corrected chi connectivity index (χ0v) is 38.0. The minimum absolute atomic E-state index is 0.00198. The number of hydrogen-bond donors (Lipinski definition) is 2. The molecule has 3 aromatic carbocycles. The number of carboxylic acid groups (broad SMARTS) is 1. The van der Waals surface area contributed by atoms with Crippen LogP contribution in [0.3, 0.4) is 0 Å². The summed E-state index contributed by atoms with van der Waals surface area (Å²) < 4.78 is 0. The summed E-state index contributed by atoms with van der Waals surface area (Å²) in [6, 6.07) is 24.3. The summed E-state index contributed by atoms with van der Waals surface area (Å²) in [4.78, 5) is 144. The normalized spacial score (nSPS) is 10.4. The largest absolute Gasteiger partial charge is 0.480 e. The molecule has 0 unspecified atom stereocenters. The Morgan fingerprint density at radius 1 is 0.433 bits per heavy atom. The van der Waals surface area contributed by atoms with Crippen LogP contribution in [-0.2, 0) is 48.1 Å². The van der Waals surface area contributed by atoms with Crippen molar-refractivity contribution in [1.82, 2.24) is 30.3 Å². The second kappa shape index (κ2) is 29.0. The Kier molecular flexibility index (Phi) is 23.2. The van der Waals surface area contributed by atoms with E-state index in [1.807, 2.05) is 0 Å². The molecule has 20 heteroatoms. The Balaban J connectivity index is 1.51. The highest BCUT2D eigenvalue weighted by Crippen LogP contribution is 2.12. The number of hydroxylamine groups is 6. The summed E-state index contributed by atoms with van der Waals surface area (Å²) in [5, 5.41) is 14.7. The summed E-state index contributed by atoms with van der Waals surface area (Å²) in [5.41, 5.74) is 0.758. The maximum absolute atomic E-state index is 13.5. The lowest BCUT2D eigenvalue weighted by atomic mass is 10.2. The summed E-state index contributed by atoms with van der Waals surface area (Å²) in [7, 11) is 3.86. The summed E-state index contributed by atoms with van der Waals surface area (Å²) in [6.07, 6.45) is 0.139. The highest BCUT2D eigenvalue weighted by Gasteiger charge is 2.22. The molecule has 2 N–H and O–H groups in total. The SMILES string of the molecule is CN(OC(=O)c1ccccc1)C(=O)CCCC(=O)NCCCN(CCCN(CC(=O)O)C(=O)CCCC(=O)N(C)OC(=O)c1ccccc1)C(=O)CCCC(=O)N(C)OC(=O)c1ccccc1. The Morgan fingerprint density at radius 2 is 0.761 bits per heavy atom. The van der Waals surface area contributed by atoms with E-state index in [4.69, 9.17) is 14.5 Å². The van der Waals surface area contributed by atoms with Crippen LogP contribution in [0.25, 0.3) is 0 Å². The fourth-order valence-corrected chi connectivity index (χ4v) is 6.23. The Morgan fingerprint density at radius 3 is 1.15 bits per heavy atom. The number of benzene rings is 3. The monoisotopic (exact) mass is 930 g/mol. The number of carbonyl (C=O) groups excluding carboxylic acids is 9. The molecule has 0 radical (unpaired) electrons. The van der Waals surface area contributed by atoms with Gasteiger partial charge in [-0.05, 0) is 68.5 Å². The van der Waals surface area contributed by atoms with E-state index >= 15 is 0 Å². The molecule has 0 spiro atoms. The van der Waals surface area contributed by atoms with E-state index in [0.717, 1.165) is 20.1 Å². The first kappa shape index (κ1) is 53.7. The molecule has 0 saturated carbocycles. The Bertz CT molecular complexity index is 2140. The molecule has 6 amide bonds. The zero-order valence-electron chi connectivity index (χ0n) is 38.0. The van der Waals surface area contributed by atoms with E-state index in [2.05, 4.69) is 5.32 Å². The van der Waals surface area contributed by atoms with Crippen LogP contribution in [0.2, 0.25) is 0 Å². The van der Waals surface area contributed by atoms with Gasteiger partial charge in [-0.2, -0.15) is 15.2 Å². The lowest BCUT2D eigenvalue weighted by Gasteiger charge is -2.26. The van der Waals surface area contributed by atoms with Crippen LogP contribution in [0.15, 0.2) is 91.0 Å². The average Bonchev–Trinajstić information content (AvgIpc) is 3.32. The van der Waals surface area contributed by atoms with Crippen LogP contribution in [0.1, 0.15) is 102 Å². The molecule has 0 atom stereocenters. The Labute approximate surface area is 388 Å². The summed E-state index contributed by atoms with van der Waals surface area (Å²) >= 11 is 0. The van der Waals surface area contributed by atoms with Gasteiger partial charge in [0, 0.05) is 85.8 Å². The van der Waals surface area contributed by atoms with Gasteiger partial charge in [0.05, 0.1) is 16.7 Å². The standard InChI is InChI=1S/C47H58N6O14/c1-49(65-45(62)35-18-7-4-8-19-35)39(55)25-13-24-38(54)48-30-16-31-52(42(58)28-14-26-40(56)50(2)66-46(63)36-20-9-5-10-21-36)32-17-33-53(34-44(60)61)43(59)29-15-27-41(57)51(3)67-47(64)37-22-11-6-12-23-37/h4-12,18-23H,13-17,24-34H2,1-3H3,(H,48,54)(H,60,61). The molecular formula is C47H58N6O14. The smallest absolute Gasteiger partial charge is 0.363 e. The van der Waals surface area contributed by atoms with Gasteiger partial charge >= 0.3 is 23.9 Å². The number of hydrogen-bond acceptors (Lipinski definition) is 13. The van der Waals surface area contributed by atoms with Gasteiger partial charge in [0.1, 0.15) is 6.54 Å². The maximum atomic E-state index is 13.5. The molecule has 0 aromatic heterocycles. The van der Waals surface area contributed by atoms with Gasteiger partial charge in [0.25, 0.3) is 17.7 Å². The second-order valence-electron chi connectivity index (χ2n) is 15.1. The number of amides is 6. The van der Waals surface area contributed by atoms with Crippen LogP contribution in [-0.4, -0.2) is 143 Å². The molecule has 0 bridgehead atoms. The van der Waals surface area contributed by atoms with Gasteiger partial charge in [0.15, 0.2) is 0 Å². The minimum Gasteiger partial charge on any atom is -0.480 e. The van der Waals surface area contributed by atoms with Crippen LogP contribution in [0.5, 0.6) is 0 Å². The van der Waals surface area contributed by atoms with E-state index in [-0.39, 0.29) is 119 Å². The third kappa shape index (κ3) is 20.4. The molecule has 0 saturated heterocycles. The predicted molar refractivity (Wildman–Crippen MR) is 238 cm³/mol. The topological polar surface area (TPSA) is 247 Å². The van der Waals surface area contributed by atoms with E-state index in [1.54, 1.807) is 66.7 Å². The highest BCUT2D eigenvalue weighted by molar-refractivity contribution is 5.92. The molecule has 0 aliphatic heterocycles. The average molecular weight is 931 g/mol. The molecule has 67 heavy (non-hydrogen) atoms. The van der Waals surface area contributed by atoms with Crippen molar-refractivity contribution in [2.24, 2.45) is 0 Å². The molecule has 3 aromatic rings. The molecule has 0 heterocycles. The molecular weight excluding hydrogens is 873 g/mol. The number of aliphatic carboxylic acids is 1. The van der Waals surface area contributed by atoms with Crippen molar-refractivity contribution in [3.63, 3.8) is 0 Å². The van der Waals surface area contributed by atoms with Crippen molar-refractivity contribution in [1.29, 1.82) is 0 Å². The molecule has 0 aliphatic carbocycles. The van der Waals surface area contributed by atoms with Gasteiger partial charge in [-0.1, -0.05) is 54.6 Å². The molecule has 0 aliphatic rings. The summed E-state index contributed by atoms with van der Waals surface area (Å²) in [6.45, 7) is -0.297. The van der Waals surface area contributed by atoms with Crippen LogP contribution >= 0.6 is 0 Å². The van der Waals surface area contributed by atoms with E-state index in [9.17, 15) is 53.1 Å². The van der Waals surface area contributed by atoms with Crippen molar-refractivity contribution in [3.05, 3.63) is 108 Å². The van der Waals surface area contributed by atoms with Crippen molar-refractivity contribution in [2.45, 2.75) is 70.6 Å². The summed E-state index contributed by atoms with van der Waals surface area (Å²) in [5.74, 6) is -6.31. The first-order valence-corrected chi connectivity index (χ1v) is 21.7. The van der Waals surface area contributed by atoms with Crippen LogP contribution in [0.4, 0.5) is 0 Å². The highest BCUT2D eigenvalue weighted by atomic mass is 16.7. The van der Waals surface area contributed by atoms with Crippen molar-refractivity contribution in [2.75, 3.05) is 53.9 Å². The predicted octanol–water partition coefficient (Wildman–Crippen LogP) is 3.83. The van der Waals surface area contributed by atoms with E-state index in [1.165, 1.54) is 50.3 Å². The van der Waals surface area contributed by atoms with Gasteiger partial charge in [-0.15, -0.1) is 0 Å². The van der Waals surface area contributed by atoms with E-state index in [0.29, 0.717) is 6.42 Å². The fourth-order valence-electron chi connectivity index (χ4n) is 6.23. The van der Waals surface area contributed by atoms with Crippen molar-refractivity contribution in [3.8, 4) is 0 Å². The number of carboxylic acids is 1. The third-order valence-electron chi connectivity index (χ3n) is 9.91. The molecule has 360 valence electrons. The number of nitrogens with zero attached hydrogens (tertiary/aromatic N) is 5. The quantitative estimate of drug-likeness (QED) is 0.0906. The molecule has 3 rings (SSSR count). The maximum Gasteiger partial charge on any atom is 0.363 e. The first-order valence-electron chi connectivity index (χ1n) is 21.7. The molecule has 20 nitrogen and oxygen atoms in total. The molecule has 0 fully saturated rings.